The molecular formula is C20H29N3O3. The van der Waals surface area contributed by atoms with Crippen LogP contribution in [0.25, 0.3) is 0 Å². The number of likely N-dealkylation sites (tertiary alicyclic amines) is 1. The Morgan fingerprint density at radius 2 is 2.00 bits per heavy atom. The van der Waals surface area contributed by atoms with Crippen molar-refractivity contribution < 1.29 is 14.7 Å². The first-order valence-corrected chi connectivity index (χ1v) is 9.54. The van der Waals surface area contributed by atoms with E-state index in [1.54, 1.807) is 4.90 Å². The summed E-state index contributed by atoms with van der Waals surface area (Å²) in [6.45, 7) is 2.43. The number of carbonyl (C=O) groups is 2. The monoisotopic (exact) mass is 359 g/mol. The molecule has 1 aliphatic heterocycles. The van der Waals surface area contributed by atoms with Gasteiger partial charge in [0.15, 0.2) is 0 Å². The van der Waals surface area contributed by atoms with Crippen molar-refractivity contribution in [1.82, 2.24) is 15.1 Å². The van der Waals surface area contributed by atoms with E-state index in [1.807, 2.05) is 18.2 Å². The molecule has 0 aromatic heterocycles. The Morgan fingerprint density at radius 1 is 1.27 bits per heavy atom. The summed E-state index contributed by atoms with van der Waals surface area (Å²) >= 11 is 0. The minimum atomic E-state index is -0.805. The molecule has 0 spiro atoms. The van der Waals surface area contributed by atoms with Crippen LogP contribution in [-0.4, -0.2) is 59.6 Å². The summed E-state index contributed by atoms with van der Waals surface area (Å²) in [5.74, 6) is -0.604. The van der Waals surface area contributed by atoms with E-state index in [2.05, 4.69) is 29.4 Å². The lowest BCUT2D eigenvalue weighted by molar-refractivity contribution is -0.143. The van der Waals surface area contributed by atoms with Crippen LogP contribution in [0.15, 0.2) is 30.3 Å². The van der Waals surface area contributed by atoms with Crippen LogP contribution in [0.2, 0.25) is 0 Å². The van der Waals surface area contributed by atoms with Gasteiger partial charge in [-0.25, -0.2) is 4.79 Å². The van der Waals surface area contributed by atoms with Crippen molar-refractivity contribution in [3.8, 4) is 0 Å². The molecule has 2 N–H and O–H groups in total. The van der Waals surface area contributed by atoms with Crippen LogP contribution < -0.4 is 5.32 Å². The molecular weight excluding hydrogens is 330 g/mol. The van der Waals surface area contributed by atoms with Gasteiger partial charge in [-0.15, -0.1) is 0 Å². The maximum Gasteiger partial charge on any atom is 0.317 e. The molecule has 2 unspecified atom stereocenters. The first kappa shape index (κ1) is 18.7. The summed E-state index contributed by atoms with van der Waals surface area (Å²) in [5, 5.41) is 12.2. The number of nitrogens with one attached hydrogen (secondary N) is 1. The predicted molar refractivity (Wildman–Crippen MR) is 99.8 cm³/mol. The van der Waals surface area contributed by atoms with Gasteiger partial charge in [0, 0.05) is 32.2 Å². The second-order valence-electron chi connectivity index (χ2n) is 7.61. The minimum absolute atomic E-state index is 0.130. The Bertz CT molecular complexity index is 618. The zero-order chi connectivity index (χ0) is 18.5. The van der Waals surface area contributed by atoms with Crippen LogP contribution in [0, 0.1) is 11.8 Å². The summed E-state index contributed by atoms with van der Waals surface area (Å²) in [6.07, 6.45) is 3.84. The maximum absolute atomic E-state index is 12.5. The SMILES string of the molecule is CN(Cc1ccccc1)C(CNC(=O)N1CCCC(C(=O)O)C1)C1CC1. The first-order valence-electron chi connectivity index (χ1n) is 9.54. The van der Waals surface area contributed by atoms with Gasteiger partial charge in [0.05, 0.1) is 5.92 Å². The van der Waals surface area contributed by atoms with Crippen LogP contribution in [-0.2, 0) is 11.3 Å². The number of hydrogen-bond donors (Lipinski definition) is 2. The number of carboxylic acids is 1. The van der Waals surface area contributed by atoms with E-state index in [0.29, 0.717) is 38.0 Å². The molecule has 1 heterocycles. The van der Waals surface area contributed by atoms with Crippen molar-refractivity contribution >= 4 is 12.0 Å². The van der Waals surface area contributed by atoms with Gasteiger partial charge in [0.2, 0.25) is 0 Å². The number of carboxylic acid groups (broad SMARTS) is 1. The molecule has 6 heteroatoms. The Labute approximate surface area is 155 Å². The van der Waals surface area contributed by atoms with E-state index in [0.717, 1.165) is 13.0 Å². The van der Waals surface area contributed by atoms with E-state index in [-0.39, 0.29) is 6.03 Å². The van der Waals surface area contributed by atoms with Crippen LogP contribution in [0.5, 0.6) is 0 Å². The van der Waals surface area contributed by atoms with E-state index in [9.17, 15) is 14.7 Å². The van der Waals surface area contributed by atoms with Gasteiger partial charge in [0.25, 0.3) is 0 Å². The third kappa shape index (κ3) is 4.97. The second kappa shape index (κ2) is 8.54. The van der Waals surface area contributed by atoms with Crippen molar-refractivity contribution in [3.05, 3.63) is 35.9 Å². The topological polar surface area (TPSA) is 72.9 Å². The highest BCUT2D eigenvalue weighted by molar-refractivity contribution is 5.76. The smallest absolute Gasteiger partial charge is 0.317 e. The molecule has 142 valence electrons. The molecule has 26 heavy (non-hydrogen) atoms. The number of amides is 2. The largest absolute Gasteiger partial charge is 0.481 e. The van der Waals surface area contributed by atoms with Gasteiger partial charge < -0.3 is 15.3 Å². The normalized spacial score (nSPS) is 21.5. The number of hydrogen-bond acceptors (Lipinski definition) is 3. The number of carbonyl (C=O) groups excluding carboxylic acids is 1. The fourth-order valence-corrected chi connectivity index (χ4v) is 3.82. The Kier molecular flexibility index (Phi) is 6.14. The van der Waals surface area contributed by atoms with Crippen molar-refractivity contribution in [2.24, 2.45) is 11.8 Å². The van der Waals surface area contributed by atoms with Gasteiger partial charge in [-0.1, -0.05) is 30.3 Å². The molecule has 1 aliphatic carbocycles. The highest BCUT2D eigenvalue weighted by Crippen LogP contribution is 2.35. The van der Waals surface area contributed by atoms with Crippen LogP contribution >= 0.6 is 0 Å². The summed E-state index contributed by atoms with van der Waals surface area (Å²) < 4.78 is 0. The molecule has 1 saturated carbocycles. The Balaban J connectivity index is 1.52. The van der Waals surface area contributed by atoms with Gasteiger partial charge in [-0.3, -0.25) is 9.69 Å². The predicted octanol–water partition coefficient (Wildman–Crippen LogP) is 2.40. The molecule has 0 radical (unpaired) electrons. The summed E-state index contributed by atoms with van der Waals surface area (Å²) in [4.78, 5) is 27.7. The van der Waals surface area contributed by atoms with Gasteiger partial charge >= 0.3 is 12.0 Å². The zero-order valence-electron chi connectivity index (χ0n) is 15.4. The second-order valence-corrected chi connectivity index (χ2v) is 7.61. The van der Waals surface area contributed by atoms with Crippen molar-refractivity contribution in [1.29, 1.82) is 0 Å². The number of nitrogens with zero attached hydrogens (tertiary/aromatic N) is 2. The standard InChI is InChI=1S/C20H29N3O3/c1-22(13-15-6-3-2-4-7-15)18(16-9-10-16)12-21-20(26)23-11-5-8-17(14-23)19(24)25/h2-4,6-7,16-18H,5,8-14H2,1H3,(H,21,26)(H,24,25). The lowest BCUT2D eigenvalue weighted by atomic mass is 9.99. The van der Waals surface area contributed by atoms with Crippen LogP contribution in [0.3, 0.4) is 0 Å². The third-order valence-electron chi connectivity index (χ3n) is 5.53. The van der Waals surface area contributed by atoms with Crippen molar-refractivity contribution in [3.63, 3.8) is 0 Å². The average Bonchev–Trinajstić information content (AvgIpc) is 3.47. The maximum atomic E-state index is 12.5. The highest BCUT2D eigenvalue weighted by atomic mass is 16.4. The fraction of sp³-hybridized carbons (Fsp3) is 0.600. The fourth-order valence-electron chi connectivity index (χ4n) is 3.82. The summed E-state index contributed by atoms with van der Waals surface area (Å²) in [7, 11) is 2.11. The quantitative estimate of drug-likeness (QED) is 0.784. The minimum Gasteiger partial charge on any atom is -0.481 e. The van der Waals surface area contributed by atoms with Gasteiger partial charge in [-0.05, 0) is 44.2 Å². The third-order valence-corrected chi connectivity index (χ3v) is 5.53. The molecule has 6 nitrogen and oxygen atoms in total. The number of piperidine rings is 1. The van der Waals surface area contributed by atoms with Gasteiger partial charge in [-0.2, -0.15) is 0 Å². The molecule has 0 bridgehead atoms. The van der Waals surface area contributed by atoms with E-state index >= 15 is 0 Å². The number of benzene rings is 1. The molecule has 2 atom stereocenters. The van der Waals surface area contributed by atoms with Crippen LogP contribution in [0.1, 0.15) is 31.2 Å². The number of aliphatic carboxylic acids is 1. The molecule has 1 saturated heterocycles. The Hall–Kier alpha value is -2.08. The molecule has 2 fully saturated rings. The van der Waals surface area contributed by atoms with Crippen molar-refractivity contribution in [2.75, 3.05) is 26.7 Å². The van der Waals surface area contributed by atoms with E-state index in [4.69, 9.17) is 0 Å². The number of likely N-dealkylation sites (N-methyl/N-ethyl adjacent to an activating group) is 1. The lowest BCUT2D eigenvalue weighted by Crippen LogP contribution is -2.50. The number of urea groups is 1. The highest BCUT2D eigenvalue weighted by Gasteiger charge is 2.35. The first-order chi connectivity index (χ1) is 12.5. The Morgan fingerprint density at radius 3 is 2.65 bits per heavy atom. The summed E-state index contributed by atoms with van der Waals surface area (Å²) in [6, 6.07) is 10.6. The van der Waals surface area contributed by atoms with E-state index in [1.165, 1.54) is 18.4 Å². The summed E-state index contributed by atoms with van der Waals surface area (Å²) in [5.41, 5.74) is 1.27. The van der Waals surface area contributed by atoms with Crippen LogP contribution in [0.4, 0.5) is 4.79 Å². The molecule has 3 rings (SSSR count). The van der Waals surface area contributed by atoms with E-state index < -0.39 is 11.9 Å². The molecule has 1 aromatic rings. The lowest BCUT2D eigenvalue weighted by Gasteiger charge is -2.33. The average molecular weight is 359 g/mol. The van der Waals surface area contributed by atoms with Crippen molar-refractivity contribution in [2.45, 2.75) is 38.3 Å². The molecule has 2 amide bonds. The molecule has 2 aliphatic rings. The molecule has 1 aromatic carbocycles. The number of rotatable bonds is 7. The van der Waals surface area contributed by atoms with Gasteiger partial charge in [0.1, 0.15) is 0 Å². The zero-order valence-corrected chi connectivity index (χ0v) is 15.4.